The summed E-state index contributed by atoms with van der Waals surface area (Å²) < 4.78 is 5.46. The lowest BCUT2D eigenvalue weighted by molar-refractivity contribution is 0.266. The van der Waals surface area contributed by atoms with Crippen molar-refractivity contribution in [2.75, 3.05) is 26.7 Å². The van der Waals surface area contributed by atoms with Gasteiger partial charge in [-0.3, -0.25) is 0 Å². The van der Waals surface area contributed by atoms with Gasteiger partial charge >= 0.3 is 0 Å². The van der Waals surface area contributed by atoms with E-state index in [4.69, 9.17) is 4.74 Å². The second-order valence-corrected chi connectivity index (χ2v) is 5.63. The Balaban J connectivity index is 2.44. The molecule has 0 saturated carbocycles. The van der Waals surface area contributed by atoms with E-state index < -0.39 is 0 Å². The van der Waals surface area contributed by atoms with Gasteiger partial charge in [-0.1, -0.05) is 39.0 Å². The molecule has 0 N–H and O–H groups in total. The summed E-state index contributed by atoms with van der Waals surface area (Å²) in [6, 6.07) is 8.40. The average Bonchev–Trinajstić information content (AvgIpc) is 2.47. The zero-order valence-electron chi connectivity index (χ0n) is 13.7. The SMILES string of the molecule is CCCN(CCC)CCCC(C)c1ccccc1OC. The number of hydrogen-bond acceptors (Lipinski definition) is 2. The number of para-hydroxylation sites is 1. The van der Waals surface area contributed by atoms with Crippen molar-refractivity contribution in [1.29, 1.82) is 0 Å². The lowest BCUT2D eigenvalue weighted by Crippen LogP contribution is -2.26. The number of hydrogen-bond donors (Lipinski definition) is 0. The van der Waals surface area contributed by atoms with Gasteiger partial charge in [0.05, 0.1) is 7.11 Å². The molecule has 1 atom stereocenters. The van der Waals surface area contributed by atoms with Crippen molar-refractivity contribution in [2.24, 2.45) is 0 Å². The summed E-state index contributed by atoms with van der Waals surface area (Å²) in [5, 5.41) is 0. The van der Waals surface area contributed by atoms with E-state index >= 15 is 0 Å². The molecule has 1 aromatic rings. The van der Waals surface area contributed by atoms with Crippen LogP contribution < -0.4 is 4.74 Å². The second kappa shape index (κ2) is 9.82. The molecule has 0 spiro atoms. The minimum absolute atomic E-state index is 0.566. The standard InChI is InChI=1S/C18H31NO/c1-5-13-19(14-6-2)15-9-10-16(3)17-11-7-8-12-18(17)20-4/h7-8,11-12,16H,5-6,9-10,13-15H2,1-4H3. The van der Waals surface area contributed by atoms with Crippen LogP contribution in [0.3, 0.4) is 0 Å². The van der Waals surface area contributed by atoms with Crippen molar-refractivity contribution in [1.82, 2.24) is 4.90 Å². The van der Waals surface area contributed by atoms with Gasteiger partial charge in [-0.2, -0.15) is 0 Å². The summed E-state index contributed by atoms with van der Waals surface area (Å²) in [4.78, 5) is 2.59. The molecule has 0 fully saturated rings. The van der Waals surface area contributed by atoms with Crippen LogP contribution >= 0.6 is 0 Å². The van der Waals surface area contributed by atoms with Crippen molar-refractivity contribution in [3.05, 3.63) is 29.8 Å². The molecule has 0 aliphatic carbocycles. The lowest BCUT2D eigenvalue weighted by atomic mass is 9.95. The molecular formula is C18H31NO. The molecule has 0 radical (unpaired) electrons. The monoisotopic (exact) mass is 277 g/mol. The van der Waals surface area contributed by atoms with Crippen LogP contribution in [0.5, 0.6) is 5.75 Å². The summed E-state index contributed by atoms with van der Waals surface area (Å²) in [5.74, 6) is 1.59. The molecule has 2 heteroatoms. The van der Waals surface area contributed by atoms with Gasteiger partial charge in [-0.05, 0) is 62.9 Å². The molecule has 0 heterocycles. The van der Waals surface area contributed by atoms with Gasteiger partial charge in [0.25, 0.3) is 0 Å². The fourth-order valence-corrected chi connectivity index (χ4v) is 2.82. The summed E-state index contributed by atoms with van der Waals surface area (Å²) in [6.07, 6.45) is 4.99. The van der Waals surface area contributed by atoms with E-state index in [1.807, 2.05) is 6.07 Å². The molecule has 0 saturated heterocycles. The fourth-order valence-electron chi connectivity index (χ4n) is 2.82. The molecule has 0 aromatic heterocycles. The Morgan fingerprint density at radius 2 is 1.70 bits per heavy atom. The van der Waals surface area contributed by atoms with Gasteiger partial charge in [0.1, 0.15) is 5.75 Å². The highest BCUT2D eigenvalue weighted by Crippen LogP contribution is 2.29. The van der Waals surface area contributed by atoms with Crippen molar-refractivity contribution >= 4 is 0 Å². The first-order valence-electron chi connectivity index (χ1n) is 8.08. The smallest absolute Gasteiger partial charge is 0.122 e. The third kappa shape index (κ3) is 5.54. The van der Waals surface area contributed by atoms with Gasteiger partial charge in [-0.15, -0.1) is 0 Å². The molecule has 0 aliphatic heterocycles. The van der Waals surface area contributed by atoms with Crippen molar-refractivity contribution in [3.8, 4) is 5.75 Å². The number of nitrogens with zero attached hydrogens (tertiary/aromatic N) is 1. The van der Waals surface area contributed by atoms with E-state index in [1.54, 1.807) is 7.11 Å². The average molecular weight is 277 g/mol. The summed E-state index contributed by atoms with van der Waals surface area (Å²) in [7, 11) is 1.76. The summed E-state index contributed by atoms with van der Waals surface area (Å²) >= 11 is 0. The topological polar surface area (TPSA) is 12.5 Å². The molecule has 0 amide bonds. The minimum Gasteiger partial charge on any atom is -0.496 e. The van der Waals surface area contributed by atoms with Gasteiger partial charge in [0, 0.05) is 0 Å². The zero-order valence-corrected chi connectivity index (χ0v) is 13.7. The minimum atomic E-state index is 0.566. The first kappa shape index (κ1) is 17.0. The first-order valence-corrected chi connectivity index (χ1v) is 8.08. The molecule has 0 bridgehead atoms. The maximum atomic E-state index is 5.46. The Bertz CT molecular complexity index is 358. The van der Waals surface area contributed by atoms with E-state index in [2.05, 4.69) is 43.9 Å². The van der Waals surface area contributed by atoms with Crippen LogP contribution in [0, 0.1) is 0 Å². The Hall–Kier alpha value is -1.02. The molecule has 20 heavy (non-hydrogen) atoms. The van der Waals surface area contributed by atoms with Crippen LogP contribution in [0.4, 0.5) is 0 Å². The predicted octanol–water partition coefficient (Wildman–Crippen LogP) is 4.70. The van der Waals surface area contributed by atoms with Gasteiger partial charge < -0.3 is 9.64 Å². The molecule has 2 nitrogen and oxygen atoms in total. The Morgan fingerprint density at radius 3 is 2.30 bits per heavy atom. The number of ether oxygens (including phenoxy) is 1. The maximum absolute atomic E-state index is 5.46. The first-order chi connectivity index (χ1) is 9.72. The Morgan fingerprint density at radius 1 is 1.05 bits per heavy atom. The predicted molar refractivity (Wildman–Crippen MR) is 87.7 cm³/mol. The lowest BCUT2D eigenvalue weighted by Gasteiger charge is -2.22. The van der Waals surface area contributed by atoms with Crippen LogP contribution in [0.1, 0.15) is 57.9 Å². The Labute approximate surface area is 125 Å². The highest BCUT2D eigenvalue weighted by Gasteiger charge is 2.11. The van der Waals surface area contributed by atoms with Crippen LogP contribution in [0.2, 0.25) is 0 Å². The molecule has 114 valence electrons. The van der Waals surface area contributed by atoms with Crippen molar-refractivity contribution < 1.29 is 4.74 Å². The zero-order chi connectivity index (χ0) is 14.8. The van der Waals surface area contributed by atoms with Crippen LogP contribution in [-0.2, 0) is 0 Å². The van der Waals surface area contributed by atoms with E-state index in [-0.39, 0.29) is 0 Å². The van der Waals surface area contributed by atoms with Crippen molar-refractivity contribution in [3.63, 3.8) is 0 Å². The maximum Gasteiger partial charge on any atom is 0.122 e. The van der Waals surface area contributed by atoms with Crippen LogP contribution in [0.25, 0.3) is 0 Å². The molecule has 1 rings (SSSR count). The molecule has 1 aromatic carbocycles. The third-order valence-electron chi connectivity index (χ3n) is 3.86. The van der Waals surface area contributed by atoms with Gasteiger partial charge in [0.15, 0.2) is 0 Å². The number of benzene rings is 1. The fraction of sp³-hybridized carbons (Fsp3) is 0.667. The van der Waals surface area contributed by atoms with E-state index in [1.165, 1.54) is 50.9 Å². The third-order valence-corrected chi connectivity index (χ3v) is 3.86. The van der Waals surface area contributed by atoms with Crippen LogP contribution in [-0.4, -0.2) is 31.6 Å². The second-order valence-electron chi connectivity index (χ2n) is 5.63. The normalized spacial score (nSPS) is 12.7. The Kier molecular flexibility index (Phi) is 8.36. The molecular weight excluding hydrogens is 246 g/mol. The molecule has 0 aliphatic rings. The van der Waals surface area contributed by atoms with E-state index in [9.17, 15) is 0 Å². The highest BCUT2D eigenvalue weighted by molar-refractivity contribution is 5.35. The van der Waals surface area contributed by atoms with Crippen LogP contribution in [0.15, 0.2) is 24.3 Å². The van der Waals surface area contributed by atoms with Gasteiger partial charge in [-0.25, -0.2) is 0 Å². The van der Waals surface area contributed by atoms with Gasteiger partial charge in [0.2, 0.25) is 0 Å². The summed E-state index contributed by atoms with van der Waals surface area (Å²) in [6.45, 7) is 10.5. The van der Waals surface area contributed by atoms with E-state index in [0.717, 1.165) is 5.75 Å². The molecule has 1 unspecified atom stereocenters. The summed E-state index contributed by atoms with van der Waals surface area (Å²) in [5.41, 5.74) is 1.34. The van der Waals surface area contributed by atoms with Crippen molar-refractivity contribution in [2.45, 2.75) is 52.4 Å². The largest absolute Gasteiger partial charge is 0.496 e. The highest BCUT2D eigenvalue weighted by atomic mass is 16.5. The number of methoxy groups -OCH3 is 1. The van der Waals surface area contributed by atoms with E-state index in [0.29, 0.717) is 5.92 Å². The number of rotatable bonds is 10. The quantitative estimate of drug-likeness (QED) is 0.614.